The Balaban J connectivity index is 1.34. The van der Waals surface area contributed by atoms with Gasteiger partial charge in [0, 0.05) is 32.9 Å². The Morgan fingerprint density at radius 3 is 1.76 bits per heavy atom. The maximum absolute atomic E-state index is 9.53. The summed E-state index contributed by atoms with van der Waals surface area (Å²) in [6, 6.07) is 48.0. The number of nitrogens with zero attached hydrogens (tertiary/aromatic N) is 4. The molecule has 4 nitrogen and oxygen atoms in total. The second-order valence-corrected chi connectivity index (χ2v) is 10.4. The molecule has 0 amide bonds. The molecule has 0 aliphatic heterocycles. The molecule has 0 atom stereocenters. The van der Waals surface area contributed by atoms with Crippen molar-refractivity contribution in [2.75, 3.05) is 0 Å². The van der Waals surface area contributed by atoms with Gasteiger partial charge in [0.25, 0.3) is 0 Å². The molecule has 0 unspecified atom stereocenters. The molecule has 2 aromatic heterocycles. The van der Waals surface area contributed by atoms with Crippen LogP contribution in [0.4, 0.5) is 5.69 Å². The maximum atomic E-state index is 9.53. The number of para-hydroxylation sites is 3. The van der Waals surface area contributed by atoms with Gasteiger partial charge in [0.05, 0.1) is 40.3 Å². The highest BCUT2D eigenvalue weighted by Gasteiger charge is 2.17. The molecular formula is C38H22N4. The summed E-state index contributed by atoms with van der Waals surface area (Å²) in [4.78, 5) is 3.71. The van der Waals surface area contributed by atoms with Crippen LogP contribution in [0.25, 0.3) is 71.0 Å². The predicted octanol–water partition coefficient (Wildman–Crippen LogP) is 9.97. The number of hydrogen-bond donors (Lipinski definition) is 0. The van der Waals surface area contributed by atoms with Gasteiger partial charge in [-0.1, -0.05) is 72.8 Å². The third kappa shape index (κ3) is 3.47. The van der Waals surface area contributed by atoms with Gasteiger partial charge in [0.1, 0.15) is 0 Å². The van der Waals surface area contributed by atoms with Crippen LogP contribution in [0, 0.1) is 17.9 Å². The fourth-order valence-corrected chi connectivity index (χ4v) is 6.30. The molecule has 0 fully saturated rings. The molecule has 8 rings (SSSR count). The van der Waals surface area contributed by atoms with Crippen LogP contribution in [0.1, 0.15) is 5.56 Å². The first kappa shape index (κ1) is 23.8. The van der Waals surface area contributed by atoms with E-state index in [2.05, 4.69) is 111 Å². The average Bonchev–Trinajstić information content (AvgIpc) is 3.57. The Hall–Kier alpha value is -6.10. The monoisotopic (exact) mass is 534 g/mol. The fourth-order valence-electron chi connectivity index (χ4n) is 6.30. The number of nitriles is 1. The van der Waals surface area contributed by atoms with E-state index in [0.29, 0.717) is 11.3 Å². The minimum Gasteiger partial charge on any atom is -0.309 e. The third-order valence-corrected chi connectivity index (χ3v) is 8.18. The maximum Gasteiger partial charge on any atom is 0.194 e. The molecule has 6 aromatic carbocycles. The molecule has 2 heterocycles. The standard InChI is InChI=1S/C38H22N4/c1-40-34-11-5-2-8-29(34)26-15-17-27(18-16-26)41-35-12-6-4-10-31(35)33-23-28(19-21-38(33)41)42-36-13-7-3-9-30(36)32-22-25(24-39)14-20-37(32)42/h2-23H. The highest BCUT2D eigenvalue weighted by molar-refractivity contribution is 6.12. The molecule has 0 saturated heterocycles. The number of fused-ring (bicyclic) bond motifs is 6. The summed E-state index contributed by atoms with van der Waals surface area (Å²) in [6.45, 7) is 7.55. The Labute approximate surface area is 242 Å². The van der Waals surface area contributed by atoms with Crippen molar-refractivity contribution in [2.45, 2.75) is 0 Å². The number of aromatic nitrogens is 2. The number of hydrogen-bond acceptors (Lipinski definition) is 1. The van der Waals surface area contributed by atoms with Crippen molar-refractivity contribution < 1.29 is 0 Å². The highest BCUT2D eigenvalue weighted by atomic mass is 15.0. The minimum atomic E-state index is 0.656. The third-order valence-electron chi connectivity index (χ3n) is 8.18. The summed E-state index contributed by atoms with van der Waals surface area (Å²) in [5.41, 5.74) is 9.89. The molecular weight excluding hydrogens is 512 g/mol. The summed E-state index contributed by atoms with van der Waals surface area (Å²) in [5.74, 6) is 0. The second kappa shape index (κ2) is 9.24. The van der Waals surface area contributed by atoms with Crippen molar-refractivity contribution in [1.29, 1.82) is 5.26 Å². The van der Waals surface area contributed by atoms with Gasteiger partial charge < -0.3 is 9.13 Å². The van der Waals surface area contributed by atoms with Crippen molar-refractivity contribution in [2.24, 2.45) is 0 Å². The van der Waals surface area contributed by atoms with Crippen LogP contribution in [-0.4, -0.2) is 9.13 Å². The molecule has 0 bridgehead atoms. The quantitative estimate of drug-likeness (QED) is 0.208. The summed E-state index contributed by atoms with van der Waals surface area (Å²) in [5, 5.41) is 14.1. The van der Waals surface area contributed by atoms with E-state index < -0.39 is 0 Å². The Morgan fingerprint density at radius 2 is 1.07 bits per heavy atom. The van der Waals surface area contributed by atoms with Crippen LogP contribution in [0.2, 0.25) is 0 Å². The number of benzene rings is 6. The van der Waals surface area contributed by atoms with Crippen LogP contribution in [0.5, 0.6) is 0 Å². The topological polar surface area (TPSA) is 38.0 Å². The lowest BCUT2D eigenvalue weighted by Crippen LogP contribution is -1.96. The highest BCUT2D eigenvalue weighted by Crippen LogP contribution is 2.38. The average molecular weight is 535 g/mol. The lowest BCUT2D eigenvalue weighted by atomic mass is 10.0. The van der Waals surface area contributed by atoms with Crippen LogP contribution in [-0.2, 0) is 0 Å². The van der Waals surface area contributed by atoms with E-state index >= 15 is 0 Å². The van der Waals surface area contributed by atoms with Crippen LogP contribution < -0.4 is 0 Å². The second-order valence-electron chi connectivity index (χ2n) is 10.4. The van der Waals surface area contributed by atoms with E-state index in [9.17, 15) is 5.26 Å². The summed E-state index contributed by atoms with van der Waals surface area (Å²) >= 11 is 0. The first-order valence-corrected chi connectivity index (χ1v) is 13.8. The Morgan fingerprint density at radius 1 is 0.524 bits per heavy atom. The molecule has 0 aliphatic rings. The van der Waals surface area contributed by atoms with Crippen molar-refractivity contribution in [3.8, 4) is 28.6 Å². The van der Waals surface area contributed by atoms with E-state index in [1.807, 2.05) is 42.5 Å². The van der Waals surface area contributed by atoms with E-state index in [1.54, 1.807) is 0 Å². The Kier molecular flexibility index (Phi) is 5.22. The summed E-state index contributed by atoms with van der Waals surface area (Å²) < 4.78 is 4.60. The molecule has 4 heteroatoms. The molecule has 42 heavy (non-hydrogen) atoms. The number of rotatable bonds is 3. The van der Waals surface area contributed by atoms with Gasteiger partial charge in [0.2, 0.25) is 0 Å². The lowest BCUT2D eigenvalue weighted by Gasteiger charge is -2.11. The van der Waals surface area contributed by atoms with E-state index in [1.165, 1.54) is 10.8 Å². The van der Waals surface area contributed by atoms with Gasteiger partial charge in [0.15, 0.2) is 5.69 Å². The van der Waals surface area contributed by atoms with E-state index in [0.717, 1.165) is 55.3 Å². The van der Waals surface area contributed by atoms with Gasteiger partial charge in [-0.05, 0) is 71.8 Å². The van der Waals surface area contributed by atoms with Crippen molar-refractivity contribution in [1.82, 2.24) is 9.13 Å². The Bertz CT molecular complexity index is 2430. The van der Waals surface area contributed by atoms with Gasteiger partial charge in [-0.3, -0.25) is 0 Å². The SMILES string of the molecule is [C-]#[N+]c1ccccc1-c1ccc(-n2c3ccccc3c3cc(-n4c5ccccc5c5cc(C#N)ccc54)ccc32)cc1. The molecule has 0 aliphatic carbocycles. The van der Waals surface area contributed by atoms with Crippen LogP contribution >= 0.6 is 0 Å². The summed E-state index contributed by atoms with van der Waals surface area (Å²) in [7, 11) is 0. The largest absolute Gasteiger partial charge is 0.309 e. The molecule has 0 spiro atoms. The van der Waals surface area contributed by atoms with Gasteiger partial charge in [-0.25, -0.2) is 4.85 Å². The first-order valence-electron chi connectivity index (χ1n) is 13.8. The van der Waals surface area contributed by atoms with E-state index in [4.69, 9.17) is 6.57 Å². The predicted molar refractivity (Wildman–Crippen MR) is 172 cm³/mol. The van der Waals surface area contributed by atoms with Crippen LogP contribution in [0.3, 0.4) is 0 Å². The van der Waals surface area contributed by atoms with E-state index in [-0.39, 0.29) is 0 Å². The fraction of sp³-hybridized carbons (Fsp3) is 0. The van der Waals surface area contributed by atoms with Gasteiger partial charge in [-0.2, -0.15) is 5.26 Å². The molecule has 0 N–H and O–H groups in total. The van der Waals surface area contributed by atoms with Crippen molar-refractivity contribution in [3.63, 3.8) is 0 Å². The normalized spacial score (nSPS) is 11.3. The van der Waals surface area contributed by atoms with Gasteiger partial charge in [-0.15, -0.1) is 0 Å². The van der Waals surface area contributed by atoms with Crippen molar-refractivity contribution in [3.05, 3.63) is 150 Å². The first-order chi connectivity index (χ1) is 20.7. The molecule has 0 radical (unpaired) electrons. The summed E-state index contributed by atoms with van der Waals surface area (Å²) in [6.07, 6.45) is 0. The molecule has 0 saturated carbocycles. The zero-order valence-electron chi connectivity index (χ0n) is 22.5. The smallest absolute Gasteiger partial charge is 0.194 e. The zero-order valence-corrected chi connectivity index (χ0v) is 22.5. The van der Waals surface area contributed by atoms with Gasteiger partial charge >= 0.3 is 0 Å². The molecule has 194 valence electrons. The lowest BCUT2D eigenvalue weighted by molar-refractivity contribution is 1.17. The molecule has 8 aromatic rings. The van der Waals surface area contributed by atoms with Crippen LogP contribution in [0.15, 0.2) is 133 Å². The zero-order chi connectivity index (χ0) is 28.2. The van der Waals surface area contributed by atoms with Crippen molar-refractivity contribution >= 4 is 49.3 Å². The minimum absolute atomic E-state index is 0.656.